The summed E-state index contributed by atoms with van der Waals surface area (Å²) in [7, 11) is 1.44. The molecule has 0 bridgehead atoms. The Morgan fingerprint density at radius 2 is 2.17 bits per heavy atom. The van der Waals surface area contributed by atoms with Crippen molar-refractivity contribution < 1.29 is 13.9 Å². The molecule has 24 heavy (non-hydrogen) atoms. The minimum atomic E-state index is -0.391. The van der Waals surface area contributed by atoms with Crippen LogP contribution < -0.4 is 15.8 Å². The molecule has 2 rings (SSSR count). The summed E-state index contributed by atoms with van der Waals surface area (Å²) in [6, 6.07) is 4.78. The number of halogens is 2. The summed E-state index contributed by atoms with van der Waals surface area (Å²) in [5.41, 5.74) is 6.57. The lowest BCUT2D eigenvalue weighted by atomic mass is 10.2. The number of methoxy groups -OCH3 is 1. The molecule has 0 aromatic heterocycles. The first-order chi connectivity index (χ1) is 11.2. The van der Waals surface area contributed by atoms with Gasteiger partial charge in [-0.15, -0.1) is 24.0 Å². The van der Waals surface area contributed by atoms with Gasteiger partial charge in [0.05, 0.1) is 26.9 Å². The van der Waals surface area contributed by atoms with Crippen LogP contribution in [-0.2, 0) is 11.3 Å². The third-order valence-electron chi connectivity index (χ3n) is 3.71. The number of hydrogen-bond acceptors (Lipinski definition) is 4. The van der Waals surface area contributed by atoms with Crippen molar-refractivity contribution in [1.29, 1.82) is 0 Å². The SMILES string of the molecule is COc1ccc(CN=C(N)NCCCN2CCOCC2)cc1F.I. The van der Waals surface area contributed by atoms with E-state index in [2.05, 4.69) is 15.2 Å². The molecule has 1 aliphatic rings. The fraction of sp³-hybridized carbons (Fsp3) is 0.562. The Bertz CT molecular complexity index is 525. The van der Waals surface area contributed by atoms with E-state index in [4.69, 9.17) is 15.2 Å². The topological polar surface area (TPSA) is 72.1 Å². The van der Waals surface area contributed by atoms with Crippen LogP contribution >= 0.6 is 24.0 Å². The van der Waals surface area contributed by atoms with Crippen LogP contribution in [0.25, 0.3) is 0 Å². The zero-order chi connectivity index (χ0) is 16.5. The maximum Gasteiger partial charge on any atom is 0.188 e. The standard InChI is InChI=1S/C16H25FN4O2.HI/c1-22-15-4-3-13(11-14(15)17)12-20-16(18)19-5-2-6-21-7-9-23-10-8-21;/h3-4,11H,2,5-10,12H2,1H3,(H3,18,19,20);1H. The van der Waals surface area contributed by atoms with Crippen molar-refractivity contribution in [2.45, 2.75) is 13.0 Å². The van der Waals surface area contributed by atoms with Gasteiger partial charge < -0.3 is 20.5 Å². The molecule has 3 N–H and O–H groups in total. The fourth-order valence-electron chi connectivity index (χ4n) is 2.38. The summed E-state index contributed by atoms with van der Waals surface area (Å²) in [6.07, 6.45) is 0.993. The first-order valence-corrected chi connectivity index (χ1v) is 7.85. The highest BCUT2D eigenvalue weighted by atomic mass is 127. The fourth-order valence-corrected chi connectivity index (χ4v) is 2.38. The van der Waals surface area contributed by atoms with Crippen LogP contribution in [0.1, 0.15) is 12.0 Å². The molecule has 136 valence electrons. The molecule has 1 fully saturated rings. The second kappa shape index (κ2) is 11.4. The van der Waals surface area contributed by atoms with Crippen LogP contribution in [0.4, 0.5) is 4.39 Å². The summed E-state index contributed by atoms with van der Waals surface area (Å²) in [6.45, 7) is 5.74. The van der Waals surface area contributed by atoms with Gasteiger partial charge in [0.2, 0.25) is 0 Å². The zero-order valence-corrected chi connectivity index (χ0v) is 16.3. The average Bonchev–Trinajstić information content (AvgIpc) is 2.58. The minimum absolute atomic E-state index is 0. The Kier molecular flexibility index (Phi) is 9.96. The van der Waals surface area contributed by atoms with Crippen LogP contribution in [0.15, 0.2) is 23.2 Å². The highest BCUT2D eigenvalue weighted by Crippen LogP contribution is 2.17. The predicted octanol–water partition coefficient (Wildman–Crippen LogP) is 1.58. The number of benzene rings is 1. The lowest BCUT2D eigenvalue weighted by Crippen LogP contribution is -2.39. The third-order valence-corrected chi connectivity index (χ3v) is 3.71. The van der Waals surface area contributed by atoms with Crippen molar-refractivity contribution in [2.24, 2.45) is 10.7 Å². The Morgan fingerprint density at radius 1 is 1.42 bits per heavy atom. The Balaban J connectivity index is 0.00000288. The number of rotatable bonds is 7. The molecule has 0 amide bonds. The van der Waals surface area contributed by atoms with E-state index >= 15 is 0 Å². The molecule has 0 radical (unpaired) electrons. The Labute approximate surface area is 159 Å². The number of nitrogens with zero attached hydrogens (tertiary/aromatic N) is 2. The van der Waals surface area contributed by atoms with Crippen molar-refractivity contribution in [3.05, 3.63) is 29.6 Å². The molecule has 1 heterocycles. The van der Waals surface area contributed by atoms with E-state index in [0.717, 1.165) is 51.4 Å². The predicted molar refractivity (Wildman–Crippen MR) is 104 cm³/mol. The van der Waals surface area contributed by atoms with Crippen LogP contribution in [0.5, 0.6) is 5.75 Å². The van der Waals surface area contributed by atoms with Crippen molar-refractivity contribution in [3.8, 4) is 5.75 Å². The largest absolute Gasteiger partial charge is 0.494 e. The maximum absolute atomic E-state index is 13.6. The number of ether oxygens (including phenoxy) is 2. The molecule has 0 spiro atoms. The number of guanidine groups is 1. The van der Waals surface area contributed by atoms with Gasteiger partial charge >= 0.3 is 0 Å². The first-order valence-electron chi connectivity index (χ1n) is 7.85. The Hall–Kier alpha value is -1.13. The number of aliphatic imine (C=N–C) groups is 1. The number of nitrogens with two attached hydrogens (primary N) is 1. The van der Waals surface area contributed by atoms with Crippen LogP contribution in [-0.4, -0.2) is 57.4 Å². The minimum Gasteiger partial charge on any atom is -0.494 e. The van der Waals surface area contributed by atoms with E-state index in [1.54, 1.807) is 12.1 Å². The van der Waals surface area contributed by atoms with Crippen molar-refractivity contribution in [2.75, 3.05) is 46.5 Å². The lowest BCUT2D eigenvalue weighted by Gasteiger charge is -2.26. The second-order valence-electron chi connectivity index (χ2n) is 5.40. The first kappa shape index (κ1) is 20.9. The molecule has 0 atom stereocenters. The summed E-state index contributed by atoms with van der Waals surface area (Å²) in [4.78, 5) is 6.59. The number of hydrogen-bond donors (Lipinski definition) is 2. The molecule has 6 nitrogen and oxygen atoms in total. The smallest absolute Gasteiger partial charge is 0.188 e. The van der Waals surface area contributed by atoms with E-state index < -0.39 is 5.82 Å². The van der Waals surface area contributed by atoms with Gasteiger partial charge in [0.25, 0.3) is 0 Å². The highest BCUT2D eigenvalue weighted by Gasteiger charge is 2.09. The molecule has 8 heteroatoms. The summed E-state index contributed by atoms with van der Waals surface area (Å²) >= 11 is 0. The number of nitrogens with one attached hydrogen (secondary N) is 1. The van der Waals surface area contributed by atoms with Gasteiger partial charge in [-0.1, -0.05) is 6.07 Å². The van der Waals surface area contributed by atoms with Gasteiger partial charge in [-0.2, -0.15) is 0 Å². The Morgan fingerprint density at radius 3 is 2.83 bits per heavy atom. The van der Waals surface area contributed by atoms with Gasteiger partial charge in [0, 0.05) is 19.6 Å². The molecular formula is C16H26FIN4O2. The van der Waals surface area contributed by atoms with Crippen molar-refractivity contribution in [3.63, 3.8) is 0 Å². The summed E-state index contributed by atoms with van der Waals surface area (Å²) in [5, 5.41) is 3.08. The van der Waals surface area contributed by atoms with Gasteiger partial charge in [-0.25, -0.2) is 9.38 Å². The number of morpholine rings is 1. The molecule has 0 aliphatic carbocycles. The molecule has 1 aromatic rings. The van der Waals surface area contributed by atoms with E-state index in [0.29, 0.717) is 12.5 Å². The summed E-state index contributed by atoms with van der Waals surface area (Å²) in [5.74, 6) is 0.215. The second-order valence-corrected chi connectivity index (χ2v) is 5.40. The molecular weight excluding hydrogens is 426 g/mol. The molecule has 1 aliphatic heterocycles. The average molecular weight is 452 g/mol. The molecule has 1 saturated heterocycles. The quantitative estimate of drug-likeness (QED) is 0.285. The van der Waals surface area contributed by atoms with Crippen LogP contribution in [0.2, 0.25) is 0 Å². The van der Waals surface area contributed by atoms with Crippen LogP contribution in [0.3, 0.4) is 0 Å². The van der Waals surface area contributed by atoms with Crippen LogP contribution in [0, 0.1) is 5.82 Å². The van der Waals surface area contributed by atoms with E-state index in [-0.39, 0.29) is 29.7 Å². The monoisotopic (exact) mass is 452 g/mol. The molecule has 1 aromatic carbocycles. The highest BCUT2D eigenvalue weighted by molar-refractivity contribution is 14.0. The van der Waals surface area contributed by atoms with E-state index in [1.165, 1.54) is 13.2 Å². The van der Waals surface area contributed by atoms with E-state index in [1.807, 2.05) is 0 Å². The molecule has 0 unspecified atom stereocenters. The van der Waals surface area contributed by atoms with Crippen molar-refractivity contribution in [1.82, 2.24) is 10.2 Å². The maximum atomic E-state index is 13.6. The third kappa shape index (κ3) is 7.18. The van der Waals surface area contributed by atoms with E-state index in [9.17, 15) is 4.39 Å². The van der Waals surface area contributed by atoms with Gasteiger partial charge in [0.15, 0.2) is 17.5 Å². The molecule has 0 saturated carbocycles. The van der Waals surface area contributed by atoms with Gasteiger partial charge in [-0.05, 0) is 30.7 Å². The zero-order valence-electron chi connectivity index (χ0n) is 14.0. The normalized spacial score (nSPS) is 15.7. The lowest BCUT2D eigenvalue weighted by molar-refractivity contribution is 0.0376. The van der Waals surface area contributed by atoms with Gasteiger partial charge in [0.1, 0.15) is 0 Å². The van der Waals surface area contributed by atoms with Gasteiger partial charge in [-0.3, -0.25) is 4.90 Å². The van der Waals surface area contributed by atoms with Crippen molar-refractivity contribution >= 4 is 29.9 Å². The summed E-state index contributed by atoms with van der Waals surface area (Å²) < 4.78 is 23.8.